The molecule has 29 heavy (non-hydrogen) atoms. The van der Waals surface area contributed by atoms with Gasteiger partial charge < -0.3 is 9.55 Å². The topological polar surface area (TPSA) is 66.9 Å². The lowest BCUT2D eigenvalue weighted by molar-refractivity contribution is 0.0880. The van der Waals surface area contributed by atoms with Gasteiger partial charge in [-0.15, -0.1) is 0 Å². The van der Waals surface area contributed by atoms with Crippen molar-refractivity contribution in [3.63, 3.8) is 0 Å². The van der Waals surface area contributed by atoms with Crippen molar-refractivity contribution >= 4 is 55.4 Å². The minimum atomic E-state index is -0.301. The molecule has 5 nitrogen and oxygen atoms in total. The molecule has 0 spiro atoms. The van der Waals surface area contributed by atoms with Crippen LogP contribution in [0.3, 0.4) is 0 Å². The van der Waals surface area contributed by atoms with E-state index in [9.17, 15) is 9.59 Å². The van der Waals surface area contributed by atoms with Crippen LogP contribution in [-0.2, 0) is 13.0 Å². The third-order valence-corrected chi connectivity index (χ3v) is 6.58. The Hall–Kier alpha value is -3.60. The van der Waals surface area contributed by atoms with Crippen molar-refractivity contribution in [2.45, 2.75) is 26.3 Å². The van der Waals surface area contributed by atoms with E-state index in [0.29, 0.717) is 11.1 Å². The zero-order valence-electron chi connectivity index (χ0n) is 15.8. The molecule has 2 aliphatic heterocycles. The zero-order chi connectivity index (χ0) is 19.4. The number of carbonyl (C=O) groups is 2. The standard InChI is InChI=1S/C24H17N3O2/c1-11-9-12-5-4-8-27-21(12)14(10-11)17-19-18(23(28)26-24(19)29)16-13-6-2-3-7-15(13)25-20(16)22(17)27/h2-3,6-7,9-10,25H,4-5,8H2,1H3,(H,26,28,29). The first-order chi connectivity index (χ1) is 14.1. The first-order valence-corrected chi connectivity index (χ1v) is 10.0. The van der Waals surface area contributed by atoms with Crippen LogP contribution in [0.15, 0.2) is 36.4 Å². The lowest BCUT2D eigenvalue weighted by Gasteiger charge is -2.17. The van der Waals surface area contributed by atoms with E-state index < -0.39 is 0 Å². The molecule has 0 bridgehead atoms. The maximum absolute atomic E-state index is 13.0. The molecular formula is C24H17N3O2. The summed E-state index contributed by atoms with van der Waals surface area (Å²) < 4.78 is 2.36. The largest absolute Gasteiger partial charge is 0.353 e. The van der Waals surface area contributed by atoms with E-state index >= 15 is 0 Å². The van der Waals surface area contributed by atoms with Gasteiger partial charge in [0.05, 0.1) is 27.7 Å². The second kappa shape index (κ2) is 4.87. The van der Waals surface area contributed by atoms with Crippen molar-refractivity contribution in [2.75, 3.05) is 0 Å². The summed E-state index contributed by atoms with van der Waals surface area (Å²) in [4.78, 5) is 29.4. The number of benzene rings is 3. The molecule has 0 aliphatic carbocycles. The molecule has 7 rings (SSSR count). The number of hydrogen-bond acceptors (Lipinski definition) is 2. The average molecular weight is 379 g/mol. The van der Waals surface area contributed by atoms with E-state index in [0.717, 1.165) is 57.5 Å². The van der Waals surface area contributed by atoms with Crippen molar-refractivity contribution < 1.29 is 9.59 Å². The van der Waals surface area contributed by atoms with E-state index in [-0.39, 0.29) is 11.8 Å². The number of imide groups is 1. The minimum absolute atomic E-state index is 0.288. The molecule has 2 amide bonds. The van der Waals surface area contributed by atoms with Crippen LogP contribution < -0.4 is 5.32 Å². The number of para-hydroxylation sites is 1. The van der Waals surface area contributed by atoms with Gasteiger partial charge in [0, 0.05) is 33.6 Å². The minimum Gasteiger partial charge on any atom is -0.353 e. The summed E-state index contributed by atoms with van der Waals surface area (Å²) in [6.07, 6.45) is 2.11. The second-order valence-corrected chi connectivity index (χ2v) is 8.25. The molecule has 2 aromatic heterocycles. The number of nitrogens with zero attached hydrogens (tertiary/aromatic N) is 1. The van der Waals surface area contributed by atoms with Gasteiger partial charge in [-0.3, -0.25) is 14.9 Å². The van der Waals surface area contributed by atoms with Crippen LogP contribution in [0.1, 0.15) is 38.3 Å². The average Bonchev–Trinajstić information content (AvgIpc) is 3.33. The lowest BCUT2D eigenvalue weighted by atomic mass is 9.95. The Morgan fingerprint density at radius 1 is 0.931 bits per heavy atom. The fourth-order valence-corrected chi connectivity index (χ4v) is 5.60. The molecule has 0 saturated carbocycles. The van der Waals surface area contributed by atoms with Gasteiger partial charge in [-0.1, -0.05) is 29.8 Å². The maximum Gasteiger partial charge on any atom is 0.259 e. The quantitative estimate of drug-likeness (QED) is 0.387. The Bertz CT molecular complexity index is 1600. The Morgan fingerprint density at radius 2 is 1.72 bits per heavy atom. The number of amides is 2. The number of nitrogens with one attached hydrogen (secondary N) is 2. The summed E-state index contributed by atoms with van der Waals surface area (Å²) in [5.41, 5.74) is 7.73. The fourth-order valence-electron chi connectivity index (χ4n) is 5.60. The molecule has 0 saturated heterocycles. The molecule has 5 heteroatoms. The van der Waals surface area contributed by atoms with Crippen LogP contribution in [-0.4, -0.2) is 21.4 Å². The monoisotopic (exact) mass is 379 g/mol. The van der Waals surface area contributed by atoms with Gasteiger partial charge in [0.15, 0.2) is 0 Å². The summed E-state index contributed by atoms with van der Waals surface area (Å²) >= 11 is 0. The van der Waals surface area contributed by atoms with Crippen molar-refractivity contribution in [1.82, 2.24) is 14.9 Å². The lowest BCUT2D eigenvalue weighted by Crippen LogP contribution is -2.20. The van der Waals surface area contributed by atoms with Crippen LogP contribution in [0.25, 0.3) is 43.6 Å². The Labute approximate surface area is 165 Å². The highest BCUT2D eigenvalue weighted by Gasteiger charge is 2.36. The first-order valence-electron chi connectivity index (χ1n) is 10.0. The summed E-state index contributed by atoms with van der Waals surface area (Å²) in [6, 6.07) is 12.4. The van der Waals surface area contributed by atoms with Crippen LogP contribution in [0.4, 0.5) is 0 Å². The number of rotatable bonds is 0. The van der Waals surface area contributed by atoms with Gasteiger partial charge in [-0.25, -0.2) is 0 Å². The summed E-state index contributed by atoms with van der Waals surface area (Å²) in [5.74, 6) is -0.589. The number of aryl methyl sites for hydroxylation is 3. The van der Waals surface area contributed by atoms with Gasteiger partial charge in [0.2, 0.25) is 0 Å². The summed E-state index contributed by atoms with van der Waals surface area (Å²) in [5, 5.41) is 6.38. The van der Waals surface area contributed by atoms with Gasteiger partial charge in [-0.05, 0) is 37.5 Å². The van der Waals surface area contributed by atoms with Crippen molar-refractivity contribution in [3.8, 4) is 0 Å². The smallest absolute Gasteiger partial charge is 0.259 e. The molecule has 0 atom stereocenters. The molecule has 0 fully saturated rings. The zero-order valence-corrected chi connectivity index (χ0v) is 15.8. The van der Waals surface area contributed by atoms with Crippen molar-refractivity contribution in [2.24, 2.45) is 0 Å². The SMILES string of the molecule is Cc1cc2c3c(c1)c1c4c(c5c6ccccc6[nH]c5c1n3CCC2)C(=O)NC4=O. The number of aromatic amines is 1. The Morgan fingerprint density at radius 3 is 2.59 bits per heavy atom. The normalized spacial score (nSPS) is 15.8. The number of aromatic nitrogens is 2. The maximum atomic E-state index is 13.0. The number of hydrogen-bond donors (Lipinski definition) is 2. The molecule has 3 aromatic carbocycles. The third kappa shape index (κ3) is 1.68. The summed E-state index contributed by atoms with van der Waals surface area (Å²) in [7, 11) is 0. The van der Waals surface area contributed by atoms with Crippen molar-refractivity contribution in [3.05, 3.63) is 58.7 Å². The highest BCUT2D eigenvalue weighted by molar-refractivity contribution is 6.39. The van der Waals surface area contributed by atoms with Crippen LogP contribution in [0.5, 0.6) is 0 Å². The van der Waals surface area contributed by atoms with E-state index in [1.165, 1.54) is 16.6 Å². The van der Waals surface area contributed by atoms with Gasteiger partial charge in [-0.2, -0.15) is 0 Å². The molecule has 0 unspecified atom stereocenters. The Balaban J connectivity index is 1.89. The first kappa shape index (κ1) is 15.3. The van der Waals surface area contributed by atoms with E-state index in [2.05, 4.69) is 33.9 Å². The molecule has 5 aromatic rings. The highest BCUT2D eigenvalue weighted by atomic mass is 16.2. The van der Waals surface area contributed by atoms with E-state index in [4.69, 9.17) is 0 Å². The predicted molar refractivity (Wildman–Crippen MR) is 114 cm³/mol. The Kier molecular flexibility index (Phi) is 2.57. The van der Waals surface area contributed by atoms with Gasteiger partial charge in [0.25, 0.3) is 11.8 Å². The van der Waals surface area contributed by atoms with Crippen molar-refractivity contribution in [1.29, 1.82) is 0 Å². The number of fused-ring (bicyclic) bond motifs is 10. The fraction of sp³-hybridized carbons (Fsp3) is 0.167. The van der Waals surface area contributed by atoms with Crippen LogP contribution >= 0.6 is 0 Å². The molecule has 2 aliphatic rings. The summed E-state index contributed by atoms with van der Waals surface area (Å²) in [6.45, 7) is 3.01. The van der Waals surface area contributed by atoms with E-state index in [1.54, 1.807) is 0 Å². The second-order valence-electron chi connectivity index (χ2n) is 8.25. The molecule has 140 valence electrons. The molecule has 0 radical (unpaired) electrons. The third-order valence-electron chi connectivity index (χ3n) is 6.58. The van der Waals surface area contributed by atoms with Crippen LogP contribution in [0, 0.1) is 6.92 Å². The highest BCUT2D eigenvalue weighted by Crippen LogP contribution is 2.45. The number of carbonyl (C=O) groups excluding carboxylic acids is 2. The molecule has 4 heterocycles. The van der Waals surface area contributed by atoms with E-state index in [1.807, 2.05) is 24.3 Å². The van der Waals surface area contributed by atoms with Gasteiger partial charge in [0.1, 0.15) is 0 Å². The molecular weight excluding hydrogens is 362 g/mol. The molecule has 2 N–H and O–H groups in total. The van der Waals surface area contributed by atoms with Gasteiger partial charge >= 0.3 is 0 Å². The predicted octanol–water partition coefficient (Wildman–Crippen LogP) is 4.57. The number of H-pyrrole nitrogens is 1. The van der Waals surface area contributed by atoms with Crippen LogP contribution in [0.2, 0.25) is 0 Å².